The van der Waals surface area contributed by atoms with Crippen LogP contribution in [0, 0.1) is 0 Å². The third kappa shape index (κ3) is 2.30. The number of nitrogens with zero attached hydrogens (tertiary/aromatic N) is 2. The van der Waals surface area contributed by atoms with E-state index in [-0.39, 0.29) is 18.2 Å². The van der Waals surface area contributed by atoms with Gasteiger partial charge in [0.2, 0.25) is 0 Å². The summed E-state index contributed by atoms with van der Waals surface area (Å²) in [5, 5.41) is 0. The lowest BCUT2D eigenvalue weighted by Crippen LogP contribution is -2.35. The maximum Gasteiger partial charge on any atom is 0.320 e. The molecule has 0 aromatic rings. The van der Waals surface area contributed by atoms with Crippen molar-refractivity contribution in [1.82, 2.24) is 9.80 Å². The first-order valence-corrected chi connectivity index (χ1v) is 6.05. The van der Waals surface area contributed by atoms with Crippen molar-refractivity contribution in [1.29, 1.82) is 0 Å². The third-order valence-electron chi connectivity index (χ3n) is 3.50. The van der Waals surface area contributed by atoms with Gasteiger partial charge in [0.15, 0.2) is 0 Å². The summed E-state index contributed by atoms with van der Waals surface area (Å²) in [6.07, 6.45) is 3.32. The number of amides is 2. The maximum atomic E-state index is 11.9. The first-order chi connectivity index (χ1) is 7.72. The van der Waals surface area contributed by atoms with Gasteiger partial charge in [0.25, 0.3) is 0 Å². The topological polar surface area (TPSA) is 58.8 Å². The number of hydrogen-bond acceptors (Lipinski definition) is 3. The molecule has 2 saturated heterocycles. The van der Waals surface area contributed by atoms with Crippen LogP contribution in [-0.2, 0) is 4.74 Å². The Morgan fingerprint density at radius 2 is 2.38 bits per heavy atom. The summed E-state index contributed by atoms with van der Waals surface area (Å²) in [5.41, 5.74) is 5.54. The molecule has 2 N–H and O–H groups in total. The predicted molar refractivity (Wildman–Crippen MR) is 61.2 cm³/mol. The van der Waals surface area contributed by atoms with Crippen LogP contribution in [0.4, 0.5) is 4.79 Å². The van der Waals surface area contributed by atoms with Crippen LogP contribution in [0.2, 0.25) is 0 Å². The molecule has 5 heteroatoms. The summed E-state index contributed by atoms with van der Waals surface area (Å²) in [6.45, 7) is 3.02. The van der Waals surface area contributed by atoms with Gasteiger partial charge in [-0.2, -0.15) is 0 Å². The van der Waals surface area contributed by atoms with Crippen LogP contribution in [0.3, 0.4) is 0 Å². The van der Waals surface area contributed by atoms with E-state index in [1.807, 2.05) is 16.8 Å². The molecule has 0 bridgehead atoms. The number of carbonyl (C=O) groups excluding carboxylic acids is 1. The normalized spacial score (nSPS) is 30.5. The number of ether oxygens (including phenoxy) is 1. The van der Waals surface area contributed by atoms with Crippen molar-refractivity contribution >= 4 is 6.03 Å². The van der Waals surface area contributed by atoms with Crippen LogP contribution in [0.5, 0.6) is 0 Å². The van der Waals surface area contributed by atoms with E-state index in [9.17, 15) is 4.79 Å². The lowest BCUT2D eigenvalue weighted by atomic mass is 10.2. The zero-order chi connectivity index (χ0) is 11.5. The Balaban J connectivity index is 1.88. The molecule has 2 fully saturated rings. The van der Waals surface area contributed by atoms with E-state index in [4.69, 9.17) is 10.5 Å². The highest BCUT2D eigenvalue weighted by molar-refractivity contribution is 5.76. The molecule has 0 aliphatic carbocycles. The lowest BCUT2D eigenvalue weighted by Gasteiger charge is -2.19. The zero-order valence-electron chi connectivity index (χ0n) is 9.89. The molecule has 16 heavy (non-hydrogen) atoms. The molecule has 0 radical (unpaired) electrons. The molecule has 0 spiro atoms. The second kappa shape index (κ2) is 5.01. The number of urea groups is 1. The Hall–Kier alpha value is -0.810. The first-order valence-electron chi connectivity index (χ1n) is 6.05. The van der Waals surface area contributed by atoms with Gasteiger partial charge in [-0.1, -0.05) is 0 Å². The standard InChI is InChI=1S/C11H21N3O2/c1-13-9(4-5-12)7-14(11(13)15)8-10-3-2-6-16-10/h9-10H,2-8,12H2,1H3. The van der Waals surface area contributed by atoms with Crippen molar-refractivity contribution in [2.24, 2.45) is 5.73 Å². The fraction of sp³-hybridized carbons (Fsp3) is 0.909. The van der Waals surface area contributed by atoms with Crippen LogP contribution in [0.15, 0.2) is 0 Å². The van der Waals surface area contributed by atoms with Gasteiger partial charge in [-0.3, -0.25) is 0 Å². The van der Waals surface area contributed by atoms with E-state index in [0.29, 0.717) is 6.54 Å². The van der Waals surface area contributed by atoms with Crippen molar-refractivity contribution in [2.75, 3.05) is 33.3 Å². The molecule has 2 heterocycles. The first kappa shape index (κ1) is 11.7. The summed E-state index contributed by atoms with van der Waals surface area (Å²) in [5.74, 6) is 0. The van der Waals surface area contributed by atoms with Gasteiger partial charge >= 0.3 is 6.03 Å². The van der Waals surface area contributed by atoms with E-state index in [0.717, 1.165) is 39.0 Å². The third-order valence-corrected chi connectivity index (χ3v) is 3.50. The second-order valence-corrected chi connectivity index (χ2v) is 4.66. The fourth-order valence-corrected chi connectivity index (χ4v) is 2.50. The largest absolute Gasteiger partial charge is 0.376 e. The average Bonchev–Trinajstić information content (AvgIpc) is 2.85. The smallest absolute Gasteiger partial charge is 0.320 e. The van der Waals surface area contributed by atoms with Crippen LogP contribution in [0.25, 0.3) is 0 Å². The monoisotopic (exact) mass is 227 g/mol. The quantitative estimate of drug-likeness (QED) is 0.749. The number of nitrogens with two attached hydrogens (primary N) is 1. The highest BCUT2D eigenvalue weighted by atomic mass is 16.5. The minimum atomic E-state index is 0.119. The van der Waals surface area contributed by atoms with Crippen molar-refractivity contribution in [3.8, 4) is 0 Å². The molecule has 2 unspecified atom stereocenters. The molecule has 2 aliphatic rings. The van der Waals surface area contributed by atoms with Crippen LogP contribution in [0.1, 0.15) is 19.3 Å². The maximum absolute atomic E-state index is 11.9. The van der Waals surface area contributed by atoms with Gasteiger partial charge in [0.05, 0.1) is 12.1 Å². The number of carbonyl (C=O) groups is 1. The van der Waals surface area contributed by atoms with E-state index >= 15 is 0 Å². The summed E-state index contributed by atoms with van der Waals surface area (Å²) < 4.78 is 5.56. The minimum Gasteiger partial charge on any atom is -0.376 e. The fourth-order valence-electron chi connectivity index (χ4n) is 2.50. The zero-order valence-corrected chi connectivity index (χ0v) is 9.89. The van der Waals surface area contributed by atoms with Crippen LogP contribution < -0.4 is 5.73 Å². The Morgan fingerprint density at radius 3 is 3.00 bits per heavy atom. The number of rotatable bonds is 4. The van der Waals surface area contributed by atoms with E-state index in [2.05, 4.69) is 0 Å². The Kier molecular flexibility index (Phi) is 3.66. The van der Waals surface area contributed by atoms with E-state index < -0.39 is 0 Å². The SMILES string of the molecule is CN1C(=O)N(CC2CCCO2)CC1CCN. The summed E-state index contributed by atoms with van der Waals surface area (Å²) in [4.78, 5) is 15.6. The van der Waals surface area contributed by atoms with Crippen molar-refractivity contribution in [3.05, 3.63) is 0 Å². The van der Waals surface area contributed by atoms with Gasteiger partial charge in [0, 0.05) is 26.7 Å². The number of likely N-dealkylation sites (N-methyl/N-ethyl adjacent to an activating group) is 1. The molecule has 0 aromatic heterocycles. The van der Waals surface area contributed by atoms with Gasteiger partial charge in [-0.05, 0) is 25.8 Å². The van der Waals surface area contributed by atoms with E-state index in [1.165, 1.54) is 0 Å². The number of hydrogen-bond donors (Lipinski definition) is 1. The van der Waals surface area contributed by atoms with Gasteiger partial charge in [-0.15, -0.1) is 0 Å². The molecule has 2 rings (SSSR count). The summed E-state index contributed by atoms with van der Waals surface area (Å²) in [6, 6.07) is 0.396. The molecule has 92 valence electrons. The average molecular weight is 227 g/mol. The van der Waals surface area contributed by atoms with Gasteiger partial charge < -0.3 is 20.3 Å². The second-order valence-electron chi connectivity index (χ2n) is 4.66. The van der Waals surface area contributed by atoms with Crippen molar-refractivity contribution in [3.63, 3.8) is 0 Å². The summed E-state index contributed by atoms with van der Waals surface area (Å²) >= 11 is 0. The molecular weight excluding hydrogens is 206 g/mol. The van der Waals surface area contributed by atoms with Crippen LogP contribution in [-0.4, -0.2) is 61.3 Å². The summed E-state index contributed by atoms with van der Waals surface area (Å²) in [7, 11) is 1.86. The Bertz CT molecular complexity index is 254. The molecule has 5 nitrogen and oxygen atoms in total. The molecule has 0 saturated carbocycles. The molecule has 0 aromatic carbocycles. The van der Waals surface area contributed by atoms with E-state index in [1.54, 1.807) is 0 Å². The highest BCUT2D eigenvalue weighted by Gasteiger charge is 2.35. The molecule has 2 aliphatic heterocycles. The molecule has 2 amide bonds. The van der Waals surface area contributed by atoms with Gasteiger partial charge in [0.1, 0.15) is 0 Å². The highest BCUT2D eigenvalue weighted by Crippen LogP contribution is 2.20. The van der Waals surface area contributed by atoms with Gasteiger partial charge in [-0.25, -0.2) is 4.79 Å². The predicted octanol–water partition coefficient (Wildman–Crippen LogP) is 0.250. The molecular formula is C11H21N3O2. The lowest BCUT2D eigenvalue weighted by molar-refractivity contribution is 0.0858. The Labute approximate surface area is 96.5 Å². The minimum absolute atomic E-state index is 0.119. The van der Waals surface area contributed by atoms with Crippen molar-refractivity contribution in [2.45, 2.75) is 31.4 Å². The Morgan fingerprint density at radius 1 is 1.56 bits per heavy atom. The van der Waals surface area contributed by atoms with Crippen LogP contribution >= 0.6 is 0 Å². The van der Waals surface area contributed by atoms with Crippen molar-refractivity contribution < 1.29 is 9.53 Å². The molecule has 2 atom stereocenters.